The molecule has 0 aliphatic carbocycles. The van der Waals surface area contributed by atoms with Gasteiger partial charge in [0.15, 0.2) is 5.96 Å². The normalized spacial score (nSPS) is 15.8. The summed E-state index contributed by atoms with van der Waals surface area (Å²) < 4.78 is 10.8. The first-order valence-corrected chi connectivity index (χ1v) is 9.79. The van der Waals surface area contributed by atoms with E-state index in [1.807, 2.05) is 6.92 Å². The van der Waals surface area contributed by atoms with Crippen molar-refractivity contribution in [3.8, 4) is 0 Å². The van der Waals surface area contributed by atoms with Crippen LogP contribution >= 0.6 is 0 Å². The molecule has 1 aromatic rings. The Morgan fingerprint density at radius 2 is 1.85 bits per heavy atom. The second-order valence-electron chi connectivity index (χ2n) is 6.38. The molecule has 0 spiro atoms. The maximum Gasteiger partial charge on any atom is 0.191 e. The van der Waals surface area contributed by atoms with Crippen molar-refractivity contribution >= 4 is 5.96 Å². The summed E-state index contributed by atoms with van der Waals surface area (Å²) in [6, 6.07) is 8.48. The van der Waals surface area contributed by atoms with Gasteiger partial charge < -0.3 is 20.1 Å². The van der Waals surface area contributed by atoms with E-state index in [1.54, 1.807) is 0 Å². The number of morpholine rings is 1. The summed E-state index contributed by atoms with van der Waals surface area (Å²) in [6.07, 6.45) is 1.11. The maximum absolute atomic E-state index is 5.43. The Balaban J connectivity index is 1.72. The zero-order valence-corrected chi connectivity index (χ0v) is 16.3. The SMILES string of the molecule is CCNC(=NCc1ccc(COCC)cc1)NCCCN1CCOCC1. The number of ether oxygens (including phenoxy) is 2. The monoisotopic (exact) mass is 362 g/mol. The lowest BCUT2D eigenvalue weighted by atomic mass is 10.1. The van der Waals surface area contributed by atoms with Crippen LogP contribution in [-0.2, 0) is 22.6 Å². The van der Waals surface area contributed by atoms with Gasteiger partial charge in [0.25, 0.3) is 0 Å². The van der Waals surface area contributed by atoms with E-state index >= 15 is 0 Å². The number of nitrogens with zero attached hydrogens (tertiary/aromatic N) is 2. The van der Waals surface area contributed by atoms with Crippen LogP contribution in [0.5, 0.6) is 0 Å². The van der Waals surface area contributed by atoms with Crippen LogP contribution in [0.25, 0.3) is 0 Å². The molecule has 1 heterocycles. The van der Waals surface area contributed by atoms with Gasteiger partial charge >= 0.3 is 0 Å². The summed E-state index contributed by atoms with van der Waals surface area (Å²) >= 11 is 0. The van der Waals surface area contributed by atoms with Crippen molar-refractivity contribution in [3.63, 3.8) is 0 Å². The van der Waals surface area contributed by atoms with Crippen molar-refractivity contribution in [2.24, 2.45) is 4.99 Å². The smallest absolute Gasteiger partial charge is 0.191 e. The van der Waals surface area contributed by atoms with E-state index in [2.05, 4.69) is 51.7 Å². The number of rotatable bonds is 10. The Kier molecular flexibility index (Phi) is 10.1. The average molecular weight is 363 g/mol. The molecule has 2 N–H and O–H groups in total. The van der Waals surface area contributed by atoms with E-state index in [4.69, 9.17) is 9.47 Å². The molecule has 0 amide bonds. The molecular weight excluding hydrogens is 328 g/mol. The summed E-state index contributed by atoms with van der Waals surface area (Å²) in [7, 11) is 0. The van der Waals surface area contributed by atoms with Crippen molar-refractivity contribution in [2.45, 2.75) is 33.4 Å². The molecule has 6 nitrogen and oxygen atoms in total. The predicted molar refractivity (Wildman–Crippen MR) is 106 cm³/mol. The first-order valence-electron chi connectivity index (χ1n) is 9.79. The van der Waals surface area contributed by atoms with Gasteiger partial charge in [-0.15, -0.1) is 0 Å². The molecule has 0 atom stereocenters. The number of guanidine groups is 1. The number of benzene rings is 1. The molecule has 146 valence electrons. The van der Waals surface area contributed by atoms with Crippen LogP contribution in [0.2, 0.25) is 0 Å². The van der Waals surface area contributed by atoms with E-state index in [0.717, 1.165) is 64.9 Å². The highest BCUT2D eigenvalue weighted by Gasteiger charge is 2.09. The molecule has 2 rings (SSSR count). The molecule has 26 heavy (non-hydrogen) atoms. The highest BCUT2D eigenvalue weighted by atomic mass is 16.5. The standard InChI is InChI=1S/C20H34N4O2/c1-3-21-20(22-10-5-11-24-12-14-26-15-13-24)23-16-18-6-8-19(9-7-18)17-25-4-2/h6-9H,3-5,10-17H2,1-2H3,(H2,21,22,23). The Morgan fingerprint density at radius 3 is 2.54 bits per heavy atom. The Bertz CT molecular complexity index is 513. The minimum absolute atomic E-state index is 0.674. The molecule has 1 saturated heterocycles. The van der Waals surface area contributed by atoms with Gasteiger partial charge in [-0.05, 0) is 37.9 Å². The van der Waals surface area contributed by atoms with Crippen molar-refractivity contribution < 1.29 is 9.47 Å². The fourth-order valence-corrected chi connectivity index (χ4v) is 2.81. The molecule has 6 heteroatoms. The summed E-state index contributed by atoms with van der Waals surface area (Å²) in [5.41, 5.74) is 2.41. The van der Waals surface area contributed by atoms with E-state index in [-0.39, 0.29) is 0 Å². The minimum Gasteiger partial charge on any atom is -0.379 e. The van der Waals surface area contributed by atoms with Crippen molar-refractivity contribution in [2.75, 3.05) is 52.5 Å². The van der Waals surface area contributed by atoms with Gasteiger partial charge in [-0.25, -0.2) is 4.99 Å². The van der Waals surface area contributed by atoms with E-state index in [0.29, 0.717) is 13.2 Å². The Labute approximate surface area is 158 Å². The third-order valence-electron chi connectivity index (χ3n) is 4.31. The van der Waals surface area contributed by atoms with Crippen LogP contribution in [-0.4, -0.2) is 63.4 Å². The lowest BCUT2D eigenvalue weighted by Crippen LogP contribution is -2.40. The molecule has 0 saturated carbocycles. The van der Waals surface area contributed by atoms with Gasteiger partial charge in [0.2, 0.25) is 0 Å². The summed E-state index contributed by atoms with van der Waals surface area (Å²) in [5.74, 6) is 0.882. The largest absolute Gasteiger partial charge is 0.379 e. The third-order valence-corrected chi connectivity index (χ3v) is 4.31. The lowest BCUT2D eigenvalue weighted by Gasteiger charge is -2.26. The van der Waals surface area contributed by atoms with Crippen LogP contribution in [0.4, 0.5) is 0 Å². The molecule has 1 aromatic carbocycles. The zero-order valence-electron chi connectivity index (χ0n) is 16.3. The molecule has 1 aliphatic rings. The van der Waals surface area contributed by atoms with Crippen molar-refractivity contribution in [3.05, 3.63) is 35.4 Å². The Hall–Kier alpha value is -1.63. The third kappa shape index (κ3) is 8.17. The van der Waals surface area contributed by atoms with Crippen molar-refractivity contribution in [1.29, 1.82) is 0 Å². The molecule has 0 unspecified atom stereocenters. The molecule has 1 fully saturated rings. The van der Waals surface area contributed by atoms with Gasteiger partial charge in [-0.2, -0.15) is 0 Å². The quantitative estimate of drug-likeness (QED) is 0.379. The summed E-state index contributed by atoms with van der Waals surface area (Å²) in [6.45, 7) is 12.9. The van der Waals surface area contributed by atoms with Gasteiger partial charge in [-0.3, -0.25) is 4.90 Å². The van der Waals surface area contributed by atoms with Gasteiger partial charge in [-0.1, -0.05) is 24.3 Å². The van der Waals surface area contributed by atoms with Crippen molar-refractivity contribution in [1.82, 2.24) is 15.5 Å². The second-order valence-corrected chi connectivity index (χ2v) is 6.38. The van der Waals surface area contributed by atoms with E-state index < -0.39 is 0 Å². The number of hydrogen-bond acceptors (Lipinski definition) is 4. The van der Waals surface area contributed by atoms with Crippen LogP contribution in [0, 0.1) is 0 Å². The number of hydrogen-bond donors (Lipinski definition) is 2. The van der Waals surface area contributed by atoms with Gasteiger partial charge in [0.05, 0.1) is 26.4 Å². The van der Waals surface area contributed by atoms with Gasteiger partial charge in [0, 0.05) is 32.8 Å². The second kappa shape index (κ2) is 12.7. The molecular formula is C20H34N4O2. The molecule has 0 aromatic heterocycles. The predicted octanol–water partition coefficient (Wildman–Crippen LogP) is 2.00. The van der Waals surface area contributed by atoms with Crippen LogP contribution in [0.1, 0.15) is 31.4 Å². The summed E-state index contributed by atoms with van der Waals surface area (Å²) in [4.78, 5) is 7.15. The van der Waals surface area contributed by atoms with Crippen LogP contribution in [0.15, 0.2) is 29.3 Å². The molecule has 1 aliphatic heterocycles. The molecule has 0 bridgehead atoms. The number of aliphatic imine (C=N–C) groups is 1. The van der Waals surface area contributed by atoms with Crippen LogP contribution in [0.3, 0.4) is 0 Å². The minimum atomic E-state index is 0.674. The first-order chi connectivity index (χ1) is 12.8. The zero-order chi connectivity index (χ0) is 18.5. The fraction of sp³-hybridized carbons (Fsp3) is 0.650. The topological polar surface area (TPSA) is 58.1 Å². The highest BCUT2D eigenvalue weighted by Crippen LogP contribution is 2.07. The first kappa shape index (κ1) is 20.7. The lowest BCUT2D eigenvalue weighted by molar-refractivity contribution is 0.0376. The van der Waals surface area contributed by atoms with E-state index in [9.17, 15) is 0 Å². The fourth-order valence-electron chi connectivity index (χ4n) is 2.81. The summed E-state index contributed by atoms with van der Waals surface area (Å²) in [5, 5.41) is 6.75. The van der Waals surface area contributed by atoms with Crippen LogP contribution < -0.4 is 10.6 Å². The maximum atomic E-state index is 5.43. The Morgan fingerprint density at radius 1 is 1.12 bits per heavy atom. The number of nitrogens with one attached hydrogen (secondary N) is 2. The molecule has 0 radical (unpaired) electrons. The van der Waals surface area contributed by atoms with E-state index in [1.165, 1.54) is 11.1 Å². The average Bonchev–Trinajstić information content (AvgIpc) is 2.69. The highest BCUT2D eigenvalue weighted by molar-refractivity contribution is 5.79. The van der Waals surface area contributed by atoms with Gasteiger partial charge in [0.1, 0.15) is 0 Å².